The number of anilines is 3. The van der Waals surface area contributed by atoms with Gasteiger partial charge in [-0.15, -0.1) is 0 Å². The molecule has 0 aliphatic heterocycles. The van der Waals surface area contributed by atoms with Crippen molar-refractivity contribution in [3.05, 3.63) is 125 Å². The molecule has 2 aliphatic carbocycles. The highest BCUT2D eigenvalue weighted by Gasteiger charge is 2.39. The lowest BCUT2D eigenvalue weighted by Gasteiger charge is -2.29. The lowest BCUT2D eigenvalue weighted by molar-refractivity contribution is -0.439. The first-order valence-corrected chi connectivity index (χ1v) is 16.6. The van der Waals surface area contributed by atoms with E-state index in [1.165, 1.54) is 13.8 Å². The minimum atomic E-state index is -0.372. The van der Waals surface area contributed by atoms with Gasteiger partial charge in [-0.1, -0.05) is 63.1 Å². The Morgan fingerprint density at radius 2 is 1.46 bits per heavy atom. The number of hydrogen-bond acceptors (Lipinski definition) is 5. The van der Waals surface area contributed by atoms with E-state index in [-0.39, 0.29) is 34.5 Å². The van der Waals surface area contributed by atoms with Gasteiger partial charge in [0.2, 0.25) is 29.0 Å². The summed E-state index contributed by atoms with van der Waals surface area (Å²) in [6, 6.07) is 25.5. The summed E-state index contributed by atoms with van der Waals surface area (Å²) in [6.45, 7) is 8.64. The second-order valence-electron chi connectivity index (χ2n) is 11.9. The lowest BCUT2D eigenvalue weighted by atomic mass is 9.78. The van der Waals surface area contributed by atoms with Crippen molar-refractivity contribution in [2.45, 2.75) is 53.4 Å². The van der Waals surface area contributed by atoms with E-state index < -0.39 is 0 Å². The van der Waals surface area contributed by atoms with Gasteiger partial charge in [0.25, 0.3) is 0 Å². The van der Waals surface area contributed by atoms with Crippen molar-refractivity contribution in [3.8, 4) is 0 Å². The topological polar surface area (TPSA) is 102 Å². The van der Waals surface area contributed by atoms with Crippen LogP contribution in [0.25, 0.3) is 5.57 Å². The third-order valence-corrected chi connectivity index (χ3v) is 8.32. The number of ketones is 1. The summed E-state index contributed by atoms with van der Waals surface area (Å²) in [4.78, 5) is 40.7. The lowest BCUT2D eigenvalue weighted by Crippen LogP contribution is -2.30. The zero-order valence-corrected chi connectivity index (χ0v) is 28.0. The molecular formula is C40H43N4O4+. The molecule has 0 aromatic heterocycles. The van der Waals surface area contributed by atoms with E-state index in [1.807, 2.05) is 84.9 Å². The second-order valence-corrected chi connectivity index (χ2v) is 11.9. The van der Waals surface area contributed by atoms with E-state index in [2.05, 4.69) is 34.0 Å². The number of benzene rings is 3. The summed E-state index contributed by atoms with van der Waals surface area (Å²) >= 11 is 0. The molecule has 3 N–H and O–H groups in total. The highest BCUT2D eigenvalue weighted by Crippen LogP contribution is 2.43. The maximum atomic E-state index is 13.9. The fourth-order valence-corrected chi connectivity index (χ4v) is 5.99. The monoisotopic (exact) mass is 643 g/mol. The Balaban J connectivity index is 1.59. The smallest absolute Gasteiger partial charge is 0.221 e. The van der Waals surface area contributed by atoms with E-state index in [0.29, 0.717) is 22.5 Å². The standard InChI is InChI=1S/C40H42N4O4/c1-5-7-23-43(29-15-11-9-12-16-29)31-19-21-33(35(25-31)41-27(3)45)37-39(47)38(40(37)48)34-22-20-32(26-36(34)42-28(4)46)44(24-8-6-2)30-17-13-10-14-18-30/h9-22,25-26H,5-8,23-24H2,1-4H3,(H2,41,42,45,46,47,48)/p+1. The van der Waals surface area contributed by atoms with Crippen LogP contribution in [0.1, 0.15) is 58.9 Å². The average Bonchev–Trinajstić information content (AvgIpc) is 3.07. The summed E-state index contributed by atoms with van der Waals surface area (Å²) in [6.07, 6.45) is 9.47. The molecule has 0 radical (unpaired) electrons. The molecule has 0 heterocycles. The Bertz CT molecular complexity index is 1870. The summed E-state index contributed by atoms with van der Waals surface area (Å²) in [5.74, 6) is -1.14. The fraction of sp³-hybridized carbons (Fsp3) is 0.250. The molecule has 2 aliphatic rings. The number of aliphatic hydroxyl groups is 1. The quantitative estimate of drug-likeness (QED) is 0.138. The van der Waals surface area contributed by atoms with Gasteiger partial charge in [-0.3, -0.25) is 14.4 Å². The van der Waals surface area contributed by atoms with Crippen LogP contribution in [0.15, 0.2) is 120 Å². The number of Topliss-reactive ketones (excluding diaryl/α,β-unsaturated/α-hetero) is 1. The minimum absolute atomic E-state index is 0.117. The summed E-state index contributed by atoms with van der Waals surface area (Å²) in [7, 11) is 0. The number of carbonyl (C=O) groups is 3. The number of hydrogen-bond donors (Lipinski definition) is 3. The van der Waals surface area contributed by atoms with Crippen LogP contribution >= 0.6 is 0 Å². The van der Waals surface area contributed by atoms with E-state index >= 15 is 0 Å². The van der Waals surface area contributed by atoms with Crippen LogP contribution in [0, 0.1) is 0 Å². The number of rotatable bonds is 12. The van der Waals surface area contributed by atoms with Gasteiger partial charge in [0.05, 0.1) is 22.5 Å². The number of carbonyl (C=O) groups excluding carboxylic acids is 3. The maximum Gasteiger partial charge on any atom is 0.221 e. The van der Waals surface area contributed by atoms with Gasteiger partial charge < -0.3 is 20.6 Å². The van der Waals surface area contributed by atoms with Crippen LogP contribution < -0.4 is 15.5 Å². The van der Waals surface area contributed by atoms with Gasteiger partial charge in [0, 0.05) is 73.6 Å². The molecule has 8 heteroatoms. The number of aliphatic hydroxyl groups excluding tert-OH is 1. The van der Waals surface area contributed by atoms with E-state index in [4.69, 9.17) is 0 Å². The Labute approximate surface area is 282 Å². The first kappa shape index (κ1) is 33.9. The van der Waals surface area contributed by atoms with Crippen LogP contribution in [-0.2, 0) is 14.4 Å². The summed E-state index contributed by atoms with van der Waals surface area (Å²) < 4.78 is 2.17. The third-order valence-electron chi connectivity index (χ3n) is 8.32. The van der Waals surface area contributed by atoms with Gasteiger partial charge in [0.1, 0.15) is 12.3 Å². The van der Waals surface area contributed by atoms with Gasteiger partial charge in [-0.25, -0.2) is 0 Å². The molecule has 0 fully saturated rings. The van der Waals surface area contributed by atoms with Crippen molar-refractivity contribution >= 4 is 51.6 Å². The molecule has 246 valence electrons. The zero-order chi connectivity index (χ0) is 34.2. The number of unbranched alkanes of at least 4 members (excludes halogenated alkanes) is 2. The first-order valence-electron chi connectivity index (χ1n) is 16.6. The molecule has 3 aromatic carbocycles. The van der Waals surface area contributed by atoms with E-state index in [0.717, 1.165) is 61.5 Å². The first-order chi connectivity index (χ1) is 23.2. The van der Waals surface area contributed by atoms with Crippen LogP contribution in [0.5, 0.6) is 0 Å². The molecule has 0 spiro atoms. The van der Waals surface area contributed by atoms with E-state index in [9.17, 15) is 19.5 Å². The third kappa shape index (κ3) is 7.39. The summed E-state index contributed by atoms with van der Waals surface area (Å²) in [5.41, 5.74) is 5.68. The minimum Gasteiger partial charge on any atom is -0.506 e. The Hall–Kier alpha value is -5.50. The van der Waals surface area contributed by atoms with Crippen LogP contribution in [0.4, 0.5) is 22.7 Å². The fourth-order valence-electron chi connectivity index (χ4n) is 5.99. The SMILES string of the molecule is CCCCN(c1ccccc1)c1ccc(C2=C(O)/C(=C3\C=CC(=[N+](CCCC)c4ccccc4)C=C3NC(C)=O)C2=O)c(NC(C)=O)c1. The molecule has 3 aromatic rings. The highest BCUT2D eigenvalue weighted by atomic mass is 16.3. The van der Waals surface area contributed by atoms with Crippen molar-refractivity contribution in [3.63, 3.8) is 0 Å². The number of para-hydroxylation sites is 2. The van der Waals surface area contributed by atoms with Crippen molar-refractivity contribution in [2.75, 3.05) is 23.3 Å². The molecule has 0 atom stereocenters. The largest absolute Gasteiger partial charge is 0.506 e. The number of amides is 2. The molecule has 2 amide bonds. The predicted octanol–water partition coefficient (Wildman–Crippen LogP) is 7.91. The van der Waals surface area contributed by atoms with Gasteiger partial charge in [0.15, 0.2) is 0 Å². The number of allylic oxidation sites excluding steroid dienone is 5. The van der Waals surface area contributed by atoms with Crippen LogP contribution in [-0.4, -0.2) is 46.1 Å². The Morgan fingerprint density at radius 3 is 2.08 bits per heavy atom. The Kier molecular flexibility index (Phi) is 10.9. The normalized spacial score (nSPS) is 16.7. The van der Waals surface area contributed by atoms with Crippen molar-refractivity contribution in [1.82, 2.24) is 5.32 Å². The van der Waals surface area contributed by atoms with Crippen molar-refractivity contribution in [1.29, 1.82) is 0 Å². The summed E-state index contributed by atoms with van der Waals surface area (Å²) in [5, 5.41) is 17.2. The number of nitrogens with one attached hydrogen (secondary N) is 2. The maximum absolute atomic E-state index is 13.9. The second kappa shape index (κ2) is 15.4. The van der Waals surface area contributed by atoms with Crippen LogP contribution in [0.2, 0.25) is 0 Å². The Morgan fingerprint density at radius 1 is 0.792 bits per heavy atom. The molecule has 5 rings (SSSR count). The average molecular weight is 644 g/mol. The van der Waals surface area contributed by atoms with Gasteiger partial charge >= 0.3 is 0 Å². The van der Waals surface area contributed by atoms with Gasteiger partial charge in [-0.2, -0.15) is 4.58 Å². The molecule has 0 bridgehead atoms. The molecular weight excluding hydrogens is 600 g/mol. The molecule has 48 heavy (non-hydrogen) atoms. The molecule has 8 nitrogen and oxygen atoms in total. The predicted molar refractivity (Wildman–Crippen MR) is 193 cm³/mol. The molecule has 0 unspecified atom stereocenters. The van der Waals surface area contributed by atoms with E-state index in [1.54, 1.807) is 12.1 Å². The highest BCUT2D eigenvalue weighted by molar-refractivity contribution is 6.40. The van der Waals surface area contributed by atoms with Gasteiger partial charge in [-0.05, 0) is 42.8 Å². The zero-order valence-electron chi connectivity index (χ0n) is 28.0. The van der Waals surface area contributed by atoms with Crippen molar-refractivity contribution < 1.29 is 24.1 Å². The number of nitrogens with zero attached hydrogens (tertiary/aromatic N) is 2. The molecule has 0 saturated carbocycles. The van der Waals surface area contributed by atoms with Crippen LogP contribution in [0.3, 0.4) is 0 Å². The van der Waals surface area contributed by atoms with Crippen molar-refractivity contribution in [2.24, 2.45) is 0 Å². The molecule has 0 saturated heterocycles.